The topological polar surface area (TPSA) is 79.4 Å². The Morgan fingerprint density at radius 2 is 2.12 bits per heavy atom. The fraction of sp³-hybridized carbons (Fsp3) is 0.263. The summed E-state index contributed by atoms with van der Waals surface area (Å²) in [6, 6.07) is 10.8. The van der Waals surface area contributed by atoms with Gasteiger partial charge in [-0.15, -0.1) is 0 Å². The lowest BCUT2D eigenvalue weighted by atomic mass is 10.00. The molecule has 1 aromatic carbocycles. The molecule has 0 aliphatic carbocycles. The Bertz CT molecular complexity index is 805. The van der Waals surface area contributed by atoms with Crippen molar-refractivity contribution in [2.75, 3.05) is 7.05 Å². The Balaban J connectivity index is 1.84. The van der Waals surface area contributed by atoms with Gasteiger partial charge in [-0.2, -0.15) is 0 Å². The first kappa shape index (κ1) is 17.0. The average molecular weight is 337 g/mol. The number of aldehydes is 1. The summed E-state index contributed by atoms with van der Waals surface area (Å²) in [6.07, 6.45) is 3.35. The molecule has 1 unspecified atom stereocenters. The highest BCUT2D eigenvalue weighted by Gasteiger charge is 2.30. The molecule has 0 bridgehead atoms. The van der Waals surface area contributed by atoms with Crippen molar-refractivity contribution in [1.29, 1.82) is 0 Å². The largest absolute Gasteiger partial charge is 0.298 e. The van der Waals surface area contributed by atoms with Crippen LogP contribution in [0.3, 0.4) is 0 Å². The van der Waals surface area contributed by atoms with Crippen LogP contribution in [0.5, 0.6) is 0 Å². The zero-order valence-electron chi connectivity index (χ0n) is 13.9. The quantitative estimate of drug-likeness (QED) is 0.665. The summed E-state index contributed by atoms with van der Waals surface area (Å²) in [5.74, 6) is -0.521. The first-order valence-electron chi connectivity index (χ1n) is 8.12. The van der Waals surface area contributed by atoms with E-state index < -0.39 is 0 Å². The van der Waals surface area contributed by atoms with Crippen LogP contribution in [0.1, 0.15) is 28.8 Å². The van der Waals surface area contributed by atoms with Crippen LogP contribution >= 0.6 is 0 Å². The lowest BCUT2D eigenvalue weighted by molar-refractivity contribution is -0.137. The number of benzene rings is 1. The van der Waals surface area contributed by atoms with E-state index in [2.05, 4.69) is 10.3 Å². The SMILES string of the molecule is CN(Cc1cc(-c2ccccn2)ccc1C=O)C1CCC(=O)NC1=O. The number of aromatic nitrogens is 1. The number of imide groups is 1. The average Bonchev–Trinajstić information content (AvgIpc) is 2.62. The smallest absolute Gasteiger partial charge is 0.243 e. The Hall–Kier alpha value is -2.86. The van der Waals surface area contributed by atoms with E-state index in [4.69, 9.17) is 0 Å². The number of carbonyl (C=O) groups excluding carboxylic acids is 3. The Labute approximate surface area is 145 Å². The highest BCUT2D eigenvalue weighted by molar-refractivity contribution is 6.00. The summed E-state index contributed by atoms with van der Waals surface area (Å²) in [6.45, 7) is 0.432. The minimum Gasteiger partial charge on any atom is -0.298 e. The third-order valence-electron chi connectivity index (χ3n) is 4.39. The molecule has 25 heavy (non-hydrogen) atoms. The zero-order chi connectivity index (χ0) is 17.8. The number of carbonyl (C=O) groups is 3. The first-order valence-corrected chi connectivity index (χ1v) is 8.12. The first-order chi connectivity index (χ1) is 12.1. The molecule has 128 valence electrons. The second-order valence-electron chi connectivity index (χ2n) is 6.13. The Kier molecular flexibility index (Phi) is 5.00. The number of piperidine rings is 1. The van der Waals surface area contributed by atoms with Crippen LogP contribution in [0.4, 0.5) is 0 Å². The number of likely N-dealkylation sites (N-methyl/N-ethyl adjacent to an activating group) is 1. The maximum Gasteiger partial charge on any atom is 0.243 e. The molecule has 2 heterocycles. The van der Waals surface area contributed by atoms with Gasteiger partial charge in [-0.25, -0.2) is 0 Å². The van der Waals surface area contributed by atoms with Gasteiger partial charge in [0.2, 0.25) is 11.8 Å². The summed E-state index contributed by atoms with van der Waals surface area (Å²) in [5.41, 5.74) is 3.15. The van der Waals surface area contributed by atoms with Crippen LogP contribution in [0, 0.1) is 0 Å². The predicted molar refractivity (Wildman–Crippen MR) is 92.7 cm³/mol. The number of pyridine rings is 1. The minimum absolute atomic E-state index is 0.236. The maximum atomic E-state index is 12.0. The van der Waals surface area contributed by atoms with Gasteiger partial charge in [0.25, 0.3) is 0 Å². The fourth-order valence-electron chi connectivity index (χ4n) is 3.03. The van der Waals surface area contributed by atoms with E-state index in [1.54, 1.807) is 12.3 Å². The molecule has 0 spiro atoms. The number of nitrogens with zero attached hydrogens (tertiary/aromatic N) is 2. The molecule has 1 aliphatic rings. The molecule has 3 rings (SSSR count). The standard InChI is InChI=1S/C19H19N3O3/c1-22(17-7-8-18(24)21-19(17)25)11-15-10-13(5-6-14(15)12-23)16-4-2-3-9-20-16/h2-6,9-10,12,17H,7-8,11H2,1H3,(H,21,24,25). The van der Waals surface area contributed by atoms with E-state index in [9.17, 15) is 14.4 Å². The summed E-state index contributed by atoms with van der Waals surface area (Å²) in [4.78, 5) is 40.9. The van der Waals surface area contributed by atoms with Crippen LogP contribution in [0.2, 0.25) is 0 Å². The van der Waals surface area contributed by atoms with Gasteiger partial charge in [0.1, 0.15) is 6.29 Å². The fourth-order valence-corrected chi connectivity index (χ4v) is 3.03. The molecule has 1 aromatic heterocycles. The molecular formula is C19H19N3O3. The van der Waals surface area contributed by atoms with Crippen molar-refractivity contribution in [2.24, 2.45) is 0 Å². The molecule has 1 atom stereocenters. The van der Waals surface area contributed by atoms with Crippen molar-refractivity contribution in [3.63, 3.8) is 0 Å². The van der Waals surface area contributed by atoms with Gasteiger partial charge in [0.15, 0.2) is 0 Å². The number of nitrogens with one attached hydrogen (secondary N) is 1. The van der Waals surface area contributed by atoms with Gasteiger partial charge in [-0.1, -0.05) is 18.2 Å². The maximum absolute atomic E-state index is 12.0. The lowest BCUT2D eigenvalue weighted by Gasteiger charge is -2.30. The summed E-state index contributed by atoms with van der Waals surface area (Å²) < 4.78 is 0. The molecular weight excluding hydrogens is 318 g/mol. The van der Waals surface area contributed by atoms with Gasteiger partial charge in [-0.3, -0.25) is 29.6 Å². The Morgan fingerprint density at radius 1 is 1.28 bits per heavy atom. The summed E-state index contributed by atoms with van der Waals surface area (Å²) in [5, 5.41) is 2.36. The number of rotatable bonds is 5. The Morgan fingerprint density at radius 3 is 2.80 bits per heavy atom. The van der Waals surface area contributed by atoms with Crippen LogP contribution in [-0.4, -0.2) is 41.1 Å². The molecule has 0 saturated carbocycles. The number of hydrogen-bond donors (Lipinski definition) is 1. The lowest BCUT2D eigenvalue weighted by Crippen LogP contribution is -2.51. The summed E-state index contributed by atoms with van der Waals surface area (Å²) >= 11 is 0. The molecule has 1 aliphatic heterocycles. The van der Waals surface area contributed by atoms with E-state index in [1.807, 2.05) is 42.3 Å². The third-order valence-corrected chi connectivity index (χ3v) is 4.39. The second kappa shape index (κ2) is 7.36. The van der Waals surface area contributed by atoms with Crippen LogP contribution in [0.15, 0.2) is 42.6 Å². The van der Waals surface area contributed by atoms with Gasteiger partial charge in [0.05, 0.1) is 11.7 Å². The zero-order valence-corrected chi connectivity index (χ0v) is 13.9. The van der Waals surface area contributed by atoms with Gasteiger partial charge >= 0.3 is 0 Å². The highest BCUT2D eigenvalue weighted by Crippen LogP contribution is 2.22. The van der Waals surface area contributed by atoms with Crippen molar-refractivity contribution in [3.8, 4) is 11.3 Å². The van der Waals surface area contributed by atoms with Gasteiger partial charge < -0.3 is 0 Å². The van der Waals surface area contributed by atoms with E-state index in [0.717, 1.165) is 23.1 Å². The van der Waals surface area contributed by atoms with Crippen molar-refractivity contribution in [2.45, 2.75) is 25.4 Å². The second-order valence-corrected chi connectivity index (χ2v) is 6.13. The third kappa shape index (κ3) is 3.80. The van der Waals surface area contributed by atoms with Crippen LogP contribution < -0.4 is 5.32 Å². The van der Waals surface area contributed by atoms with Crippen LogP contribution in [0.25, 0.3) is 11.3 Å². The molecule has 2 aromatic rings. The minimum atomic E-state index is -0.379. The molecule has 1 fully saturated rings. The van der Waals surface area contributed by atoms with Gasteiger partial charge in [0, 0.05) is 30.3 Å². The molecule has 1 N–H and O–H groups in total. The monoisotopic (exact) mass is 337 g/mol. The van der Waals surface area contributed by atoms with E-state index >= 15 is 0 Å². The van der Waals surface area contributed by atoms with E-state index in [1.165, 1.54) is 0 Å². The van der Waals surface area contributed by atoms with Crippen LogP contribution in [-0.2, 0) is 16.1 Å². The predicted octanol–water partition coefficient (Wildman–Crippen LogP) is 1.80. The van der Waals surface area contributed by atoms with Crippen molar-refractivity contribution in [1.82, 2.24) is 15.2 Å². The van der Waals surface area contributed by atoms with E-state index in [0.29, 0.717) is 24.9 Å². The molecule has 6 nitrogen and oxygen atoms in total. The molecule has 0 radical (unpaired) electrons. The molecule has 2 amide bonds. The highest BCUT2D eigenvalue weighted by atomic mass is 16.2. The van der Waals surface area contributed by atoms with Crippen molar-refractivity contribution < 1.29 is 14.4 Å². The number of hydrogen-bond acceptors (Lipinski definition) is 5. The molecule has 1 saturated heterocycles. The van der Waals surface area contributed by atoms with Crippen molar-refractivity contribution >= 4 is 18.1 Å². The summed E-state index contributed by atoms with van der Waals surface area (Å²) in [7, 11) is 1.82. The van der Waals surface area contributed by atoms with E-state index in [-0.39, 0.29) is 17.9 Å². The van der Waals surface area contributed by atoms with Gasteiger partial charge in [-0.05, 0) is 37.2 Å². The normalized spacial score (nSPS) is 17.4. The molecule has 6 heteroatoms. The van der Waals surface area contributed by atoms with Crippen molar-refractivity contribution in [3.05, 3.63) is 53.7 Å². The number of amides is 2.